The van der Waals surface area contributed by atoms with Gasteiger partial charge in [-0.1, -0.05) is 18.2 Å². The highest BCUT2D eigenvalue weighted by Gasteiger charge is 2.12. The largest absolute Gasteiger partial charge is 0.494 e. The predicted molar refractivity (Wildman–Crippen MR) is 69.6 cm³/mol. The molecule has 17 heavy (non-hydrogen) atoms. The Bertz CT molecular complexity index is 342. The molecule has 1 aliphatic carbocycles. The molecule has 3 nitrogen and oxygen atoms in total. The number of nitrogens with one attached hydrogen (secondary N) is 1. The number of rotatable bonds is 6. The minimum Gasteiger partial charge on any atom is -0.494 e. The SMILES string of the molecule is CNC[C@H](C)OC1=CC=CC(/C=C/C(C)=O)C1. The van der Waals surface area contributed by atoms with Gasteiger partial charge in [0.25, 0.3) is 0 Å². The van der Waals surface area contributed by atoms with Gasteiger partial charge in [0.05, 0.1) is 5.76 Å². The fourth-order valence-corrected chi connectivity index (χ4v) is 1.74. The van der Waals surface area contributed by atoms with E-state index in [1.165, 1.54) is 0 Å². The average Bonchev–Trinajstić information content (AvgIpc) is 2.27. The first-order chi connectivity index (χ1) is 8.11. The van der Waals surface area contributed by atoms with Crippen molar-refractivity contribution in [3.63, 3.8) is 0 Å². The van der Waals surface area contributed by atoms with Crippen molar-refractivity contribution in [2.45, 2.75) is 26.4 Å². The van der Waals surface area contributed by atoms with E-state index in [-0.39, 0.29) is 17.8 Å². The summed E-state index contributed by atoms with van der Waals surface area (Å²) in [7, 11) is 1.91. The van der Waals surface area contributed by atoms with Crippen LogP contribution >= 0.6 is 0 Å². The topological polar surface area (TPSA) is 38.3 Å². The van der Waals surface area contributed by atoms with Gasteiger partial charge in [-0.15, -0.1) is 0 Å². The van der Waals surface area contributed by atoms with E-state index in [2.05, 4.69) is 11.4 Å². The Morgan fingerprint density at radius 1 is 1.71 bits per heavy atom. The van der Waals surface area contributed by atoms with Gasteiger partial charge < -0.3 is 10.1 Å². The number of hydrogen-bond acceptors (Lipinski definition) is 3. The van der Waals surface area contributed by atoms with Crippen LogP contribution in [0.3, 0.4) is 0 Å². The van der Waals surface area contributed by atoms with Crippen molar-refractivity contribution < 1.29 is 9.53 Å². The van der Waals surface area contributed by atoms with Crippen LogP contribution in [0.5, 0.6) is 0 Å². The fourth-order valence-electron chi connectivity index (χ4n) is 1.74. The molecule has 0 saturated carbocycles. The maximum absolute atomic E-state index is 10.9. The van der Waals surface area contributed by atoms with E-state index in [9.17, 15) is 4.79 Å². The van der Waals surface area contributed by atoms with Gasteiger partial charge in [-0.05, 0) is 33.0 Å². The zero-order chi connectivity index (χ0) is 12.7. The van der Waals surface area contributed by atoms with E-state index < -0.39 is 0 Å². The zero-order valence-corrected chi connectivity index (χ0v) is 10.8. The summed E-state index contributed by atoms with van der Waals surface area (Å²) in [5.74, 6) is 1.33. The van der Waals surface area contributed by atoms with E-state index in [1.54, 1.807) is 13.0 Å². The second kappa shape index (κ2) is 7.07. The molecule has 0 aromatic heterocycles. The van der Waals surface area contributed by atoms with Crippen molar-refractivity contribution in [2.24, 2.45) is 5.92 Å². The summed E-state index contributed by atoms with van der Waals surface area (Å²) in [6.45, 7) is 4.43. The molecule has 1 rings (SSSR count). The van der Waals surface area contributed by atoms with Gasteiger partial charge in [-0.2, -0.15) is 0 Å². The van der Waals surface area contributed by atoms with Crippen LogP contribution in [0, 0.1) is 5.92 Å². The molecule has 0 saturated heterocycles. The third-order valence-corrected chi connectivity index (χ3v) is 2.50. The van der Waals surface area contributed by atoms with E-state index in [0.29, 0.717) is 0 Å². The average molecular weight is 235 g/mol. The summed E-state index contributed by atoms with van der Waals surface area (Å²) < 4.78 is 5.80. The summed E-state index contributed by atoms with van der Waals surface area (Å²) >= 11 is 0. The van der Waals surface area contributed by atoms with E-state index in [4.69, 9.17) is 4.74 Å². The lowest BCUT2D eigenvalue weighted by Gasteiger charge is -2.20. The molecule has 1 N–H and O–H groups in total. The van der Waals surface area contributed by atoms with Crippen LogP contribution in [0.25, 0.3) is 0 Å². The van der Waals surface area contributed by atoms with Crippen molar-refractivity contribution in [2.75, 3.05) is 13.6 Å². The Hall–Kier alpha value is -1.35. The Kier molecular flexibility index (Phi) is 5.70. The maximum Gasteiger partial charge on any atom is 0.152 e. The lowest BCUT2D eigenvalue weighted by Crippen LogP contribution is -2.24. The molecule has 0 amide bonds. The van der Waals surface area contributed by atoms with Crippen molar-refractivity contribution in [3.8, 4) is 0 Å². The summed E-state index contributed by atoms with van der Waals surface area (Å²) in [5.41, 5.74) is 0. The number of carbonyl (C=O) groups is 1. The second-order valence-electron chi connectivity index (χ2n) is 4.34. The Balaban J connectivity index is 2.46. The first kappa shape index (κ1) is 13.7. The molecular formula is C14H21NO2. The quantitative estimate of drug-likeness (QED) is 0.717. The first-order valence-corrected chi connectivity index (χ1v) is 5.99. The van der Waals surface area contributed by atoms with Gasteiger partial charge in [0.2, 0.25) is 0 Å². The Morgan fingerprint density at radius 2 is 2.47 bits per heavy atom. The Morgan fingerprint density at radius 3 is 3.12 bits per heavy atom. The molecule has 0 aromatic rings. The molecule has 94 valence electrons. The molecule has 0 spiro atoms. The van der Waals surface area contributed by atoms with Crippen LogP contribution in [0.15, 0.2) is 36.1 Å². The molecule has 0 aliphatic heterocycles. The molecule has 1 aliphatic rings. The van der Waals surface area contributed by atoms with Crippen molar-refractivity contribution in [1.29, 1.82) is 0 Å². The molecule has 0 aromatic carbocycles. The van der Waals surface area contributed by atoms with Gasteiger partial charge in [0, 0.05) is 18.9 Å². The predicted octanol–water partition coefficient (Wildman–Crippen LogP) is 2.22. The highest BCUT2D eigenvalue weighted by molar-refractivity contribution is 5.87. The summed E-state index contributed by atoms with van der Waals surface area (Å²) in [4.78, 5) is 10.9. The number of ketones is 1. The highest BCUT2D eigenvalue weighted by Crippen LogP contribution is 2.21. The molecule has 0 heterocycles. The van der Waals surface area contributed by atoms with E-state index in [0.717, 1.165) is 18.7 Å². The number of carbonyl (C=O) groups excluding carboxylic acids is 1. The Labute approximate surface area is 103 Å². The third-order valence-electron chi connectivity index (χ3n) is 2.50. The second-order valence-corrected chi connectivity index (χ2v) is 4.34. The van der Waals surface area contributed by atoms with Crippen molar-refractivity contribution in [3.05, 3.63) is 36.1 Å². The van der Waals surface area contributed by atoms with Gasteiger partial charge in [0.1, 0.15) is 6.10 Å². The van der Waals surface area contributed by atoms with Crippen LogP contribution in [0.2, 0.25) is 0 Å². The smallest absolute Gasteiger partial charge is 0.152 e. The molecule has 3 heteroatoms. The third kappa shape index (κ3) is 5.50. The van der Waals surface area contributed by atoms with Gasteiger partial charge in [-0.3, -0.25) is 4.79 Å². The van der Waals surface area contributed by atoms with Crippen LogP contribution in [-0.4, -0.2) is 25.5 Å². The molecule has 0 radical (unpaired) electrons. The number of allylic oxidation sites excluding steroid dienone is 6. The standard InChI is InChI=1S/C14H21NO2/c1-11(16)7-8-13-5-4-6-14(9-13)17-12(2)10-15-3/h4-8,12-13,15H,9-10H2,1-3H3/b8-7+/t12-,13?/m0/s1. The summed E-state index contributed by atoms with van der Waals surface area (Å²) in [6, 6.07) is 0. The monoisotopic (exact) mass is 235 g/mol. The maximum atomic E-state index is 10.9. The van der Waals surface area contributed by atoms with Crippen LogP contribution in [-0.2, 0) is 9.53 Å². The summed E-state index contributed by atoms with van der Waals surface area (Å²) in [6.07, 6.45) is 10.6. The fraction of sp³-hybridized carbons (Fsp3) is 0.500. The first-order valence-electron chi connectivity index (χ1n) is 5.99. The lowest BCUT2D eigenvalue weighted by atomic mass is 9.98. The molecule has 0 fully saturated rings. The minimum absolute atomic E-state index is 0.0824. The van der Waals surface area contributed by atoms with Gasteiger partial charge in [-0.25, -0.2) is 0 Å². The number of hydrogen-bond donors (Lipinski definition) is 1. The molecule has 0 bridgehead atoms. The van der Waals surface area contributed by atoms with E-state index >= 15 is 0 Å². The number of ether oxygens (including phenoxy) is 1. The normalized spacial score (nSPS) is 21.4. The van der Waals surface area contributed by atoms with E-state index in [1.807, 2.05) is 32.2 Å². The molecule has 2 atom stereocenters. The van der Waals surface area contributed by atoms with Gasteiger partial charge in [0.15, 0.2) is 5.78 Å². The molecular weight excluding hydrogens is 214 g/mol. The zero-order valence-electron chi connectivity index (χ0n) is 10.8. The number of likely N-dealkylation sites (N-methyl/N-ethyl adjacent to an activating group) is 1. The van der Waals surface area contributed by atoms with Crippen molar-refractivity contribution in [1.82, 2.24) is 5.32 Å². The van der Waals surface area contributed by atoms with Gasteiger partial charge >= 0.3 is 0 Å². The lowest BCUT2D eigenvalue weighted by molar-refractivity contribution is -0.112. The highest BCUT2D eigenvalue weighted by atomic mass is 16.5. The van der Waals surface area contributed by atoms with Crippen LogP contribution in [0.4, 0.5) is 0 Å². The summed E-state index contributed by atoms with van der Waals surface area (Å²) in [5, 5.41) is 3.08. The van der Waals surface area contributed by atoms with Crippen LogP contribution in [0.1, 0.15) is 20.3 Å². The molecule has 1 unspecified atom stereocenters. The van der Waals surface area contributed by atoms with Crippen molar-refractivity contribution >= 4 is 5.78 Å². The minimum atomic E-state index is 0.0824. The van der Waals surface area contributed by atoms with Crippen LogP contribution < -0.4 is 5.32 Å².